The Kier molecular flexibility index (Phi) is 5.51. The third kappa shape index (κ3) is 4.00. The van der Waals surface area contributed by atoms with Gasteiger partial charge in [-0.25, -0.2) is 15.0 Å². The van der Waals surface area contributed by atoms with Crippen molar-refractivity contribution in [2.45, 2.75) is 39.4 Å². The summed E-state index contributed by atoms with van der Waals surface area (Å²) in [5.41, 5.74) is 1.73. The van der Waals surface area contributed by atoms with E-state index in [-0.39, 0.29) is 17.7 Å². The first-order valence-corrected chi connectivity index (χ1v) is 11.1. The van der Waals surface area contributed by atoms with Gasteiger partial charge in [0.05, 0.1) is 22.6 Å². The lowest BCUT2D eigenvalue weighted by molar-refractivity contribution is -0.137. The van der Waals surface area contributed by atoms with Crippen LogP contribution < -0.4 is 10.6 Å². The molecule has 1 aliphatic rings. The molecular formula is C23H24F3N7O. The molecule has 0 radical (unpaired) electrons. The predicted molar refractivity (Wildman–Crippen MR) is 121 cm³/mol. The maximum Gasteiger partial charge on any atom is 0.419 e. The second kappa shape index (κ2) is 8.39. The average Bonchev–Trinajstić information content (AvgIpc) is 3.36. The fraction of sp³-hybridized carbons (Fsp3) is 0.391. The molecule has 0 aromatic carbocycles. The highest BCUT2D eigenvalue weighted by atomic mass is 19.4. The number of aryl methyl sites for hydroxylation is 2. The number of anilines is 1. The number of nitrogens with zero attached hydrogens (tertiary/aromatic N) is 4. The Morgan fingerprint density at radius 1 is 1.18 bits per heavy atom. The molecule has 8 nitrogen and oxygen atoms in total. The second-order valence-corrected chi connectivity index (χ2v) is 8.67. The molecule has 0 saturated carbocycles. The van der Waals surface area contributed by atoms with Crippen LogP contribution in [0.4, 0.5) is 19.1 Å². The summed E-state index contributed by atoms with van der Waals surface area (Å²) in [5, 5.41) is 11.0. The van der Waals surface area contributed by atoms with Crippen LogP contribution in [-0.4, -0.2) is 44.2 Å². The van der Waals surface area contributed by atoms with E-state index < -0.39 is 11.7 Å². The van der Waals surface area contributed by atoms with E-state index in [0.717, 1.165) is 24.7 Å². The highest BCUT2D eigenvalue weighted by Crippen LogP contribution is 2.39. The van der Waals surface area contributed by atoms with Crippen molar-refractivity contribution in [3.05, 3.63) is 41.5 Å². The van der Waals surface area contributed by atoms with Crippen molar-refractivity contribution in [3.63, 3.8) is 0 Å². The van der Waals surface area contributed by atoms with E-state index >= 15 is 0 Å². The van der Waals surface area contributed by atoms with Gasteiger partial charge in [0.2, 0.25) is 5.95 Å². The highest BCUT2D eigenvalue weighted by Gasteiger charge is 2.36. The van der Waals surface area contributed by atoms with E-state index in [1.54, 1.807) is 19.1 Å². The van der Waals surface area contributed by atoms with Crippen molar-refractivity contribution in [1.82, 2.24) is 30.4 Å². The van der Waals surface area contributed by atoms with Crippen LogP contribution in [0.3, 0.4) is 0 Å². The number of piperidine rings is 1. The Balaban J connectivity index is 1.58. The largest absolute Gasteiger partial charge is 0.419 e. The fourth-order valence-electron chi connectivity index (χ4n) is 4.40. The van der Waals surface area contributed by atoms with E-state index in [1.165, 1.54) is 6.20 Å². The number of aromatic amines is 1. The summed E-state index contributed by atoms with van der Waals surface area (Å²) < 4.78 is 46.9. The molecule has 4 aromatic rings. The molecule has 2 atom stereocenters. The average molecular weight is 471 g/mol. The molecule has 4 aromatic heterocycles. The molecule has 0 amide bonds. The number of rotatable bonds is 4. The zero-order valence-corrected chi connectivity index (χ0v) is 18.9. The summed E-state index contributed by atoms with van der Waals surface area (Å²) in [6.07, 6.45) is -1.30. The molecule has 0 aliphatic carbocycles. The van der Waals surface area contributed by atoms with Crippen LogP contribution in [0, 0.1) is 19.8 Å². The van der Waals surface area contributed by atoms with E-state index in [0.29, 0.717) is 46.2 Å². The number of halogens is 3. The molecule has 0 spiro atoms. The summed E-state index contributed by atoms with van der Waals surface area (Å²) >= 11 is 0. The minimum absolute atomic E-state index is 0.0283. The Morgan fingerprint density at radius 3 is 2.71 bits per heavy atom. The maximum atomic E-state index is 13.9. The maximum absolute atomic E-state index is 13.9. The van der Waals surface area contributed by atoms with Gasteiger partial charge in [-0.3, -0.25) is 0 Å². The quantitative estimate of drug-likeness (QED) is 0.396. The summed E-state index contributed by atoms with van der Waals surface area (Å²) in [7, 11) is 0. The van der Waals surface area contributed by atoms with Gasteiger partial charge >= 0.3 is 6.18 Å². The van der Waals surface area contributed by atoms with Crippen LogP contribution in [-0.2, 0) is 6.18 Å². The van der Waals surface area contributed by atoms with Gasteiger partial charge < -0.3 is 20.1 Å². The van der Waals surface area contributed by atoms with Crippen molar-refractivity contribution >= 4 is 17.0 Å². The molecule has 0 unspecified atom stereocenters. The SMILES string of the molecule is Cc1noc(C)c1-c1ccc2c(-c3nc(N[C@@H]4CNCC[C@@H]4C)ncc3C(F)(F)F)c[nH]c2n1. The van der Waals surface area contributed by atoms with E-state index in [2.05, 4.69) is 42.6 Å². The van der Waals surface area contributed by atoms with Crippen molar-refractivity contribution < 1.29 is 17.7 Å². The number of alkyl halides is 3. The van der Waals surface area contributed by atoms with Gasteiger partial charge in [-0.15, -0.1) is 0 Å². The second-order valence-electron chi connectivity index (χ2n) is 8.67. The number of hydrogen-bond donors (Lipinski definition) is 3. The zero-order valence-electron chi connectivity index (χ0n) is 18.9. The first kappa shape index (κ1) is 22.3. The number of hydrogen-bond acceptors (Lipinski definition) is 7. The van der Waals surface area contributed by atoms with Gasteiger partial charge in [-0.2, -0.15) is 13.2 Å². The van der Waals surface area contributed by atoms with Crippen LogP contribution in [0.1, 0.15) is 30.4 Å². The standard InChI is InChI=1S/C23H24F3N7O/c1-11-6-7-27-10-18(11)31-22-29-9-16(23(24,25)26)20(32-22)15-8-28-21-14(15)4-5-17(30-21)19-12(2)33-34-13(19)3/h4-5,8-9,11,18,27H,6-7,10H2,1-3H3,(H,28,30)(H,29,31,32)/t11-,18+/m0/s1. The first-order chi connectivity index (χ1) is 16.2. The van der Waals surface area contributed by atoms with Crippen molar-refractivity contribution in [2.24, 2.45) is 5.92 Å². The topological polar surface area (TPSA) is 105 Å². The zero-order chi connectivity index (χ0) is 24.0. The number of fused-ring (bicyclic) bond motifs is 1. The van der Waals surface area contributed by atoms with Crippen LogP contribution in [0.5, 0.6) is 0 Å². The van der Waals surface area contributed by atoms with Crippen LogP contribution in [0.15, 0.2) is 29.0 Å². The molecule has 3 N–H and O–H groups in total. The summed E-state index contributed by atoms with van der Waals surface area (Å²) in [5.74, 6) is 1.13. The van der Waals surface area contributed by atoms with Crippen LogP contribution in [0.2, 0.25) is 0 Å². The van der Waals surface area contributed by atoms with Crippen molar-refractivity contribution in [2.75, 3.05) is 18.4 Å². The summed E-state index contributed by atoms with van der Waals surface area (Å²) in [4.78, 5) is 15.9. The van der Waals surface area contributed by atoms with Crippen molar-refractivity contribution in [1.29, 1.82) is 0 Å². The lowest BCUT2D eigenvalue weighted by atomic mass is 9.95. The van der Waals surface area contributed by atoms with Crippen LogP contribution in [0.25, 0.3) is 33.5 Å². The van der Waals surface area contributed by atoms with Gasteiger partial charge in [-0.1, -0.05) is 12.1 Å². The van der Waals surface area contributed by atoms with Gasteiger partial charge in [0.25, 0.3) is 0 Å². The molecule has 34 heavy (non-hydrogen) atoms. The normalized spacial score (nSPS) is 19.0. The minimum atomic E-state index is -4.61. The molecule has 178 valence electrons. The Labute approximate surface area is 193 Å². The van der Waals surface area contributed by atoms with Gasteiger partial charge in [0, 0.05) is 35.9 Å². The number of pyridine rings is 1. The fourth-order valence-corrected chi connectivity index (χ4v) is 4.40. The molecule has 11 heteroatoms. The highest BCUT2D eigenvalue weighted by molar-refractivity contribution is 5.94. The van der Waals surface area contributed by atoms with E-state index in [1.807, 2.05) is 6.92 Å². The molecule has 1 fully saturated rings. The van der Waals surface area contributed by atoms with Crippen molar-refractivity contribution in [3.8, 4) is 22.5 Å². The van der Waals surface area contributed by atoms with E-state index in [9.17, 15) is 13.2 Å². The van der Waals surface area contributed by atoms with E-state index in [4.69, 9.17) is 4.52 Å². The first-order valence-electron chi connectivity index (χ1n) is 11.1. The Bertz CT molecular complexity index is 1320. The summed E-state index contributed by atoms with van der Waals surface area (Å²) in [6.45, 7) is 7.31. The molecule has 0 bridgehead atoms. The van der Waals surface area contributed by atoms with Crippen LogP contribution >= 0.6 is 0 Å². The monoisotopic (exact) mass is 471 g/mol. The van der Waals surface area contributed by atoms with Gasteiger partial charge in [-0.05, 0) is 44.9 Å². The third-order valence-corrected chi connectivity index (χ3v) is 6.32. The number of aromatic nitrogens is 5. The molecular weight excluding hydrogens is 447 g/mol. The Hall–Kier alpha value is -3.47. The number of nitrogens with one attached hydrogen (secondary N) is 3. The molecule has 1 saturated heterocycles. The molecule has 5 rings (SSSR count). The molecule has 1 aliphatic heterocycles. The minimum Gasteiger partial charge on any atom is -0.361 e. The third-order valence-electron chi connectivity index (χ3n) is 6.32. The van der Waals surface area contributed by atoms with Gasteiger partial charge in [0.15, 0.2) is 0 Å². The lowest BCUT2D eigenvalue weighted by Crippen LogP contribution is -2.44. The number of H-pyrrole nitrogens is 1. The lowest BCUT2D eigenvalue weighted by Gasteiger charge is -2.30. The predicted octanol–water partition coefficient (Wildman–Crippen LogP) is 4.72. The molecule has 5 heterocycles. The van der Waals surface area contributed by atoms with Gasteiger partial charge in [0.1, 0.15) is 17.0 Å². The smallest absolute Gasteiger partial charge is 0.361 e. The Morgan fingerprint density at radius 2 is 2.00 bits per heavy atom. The summed E-state index contributed by atoms with van der Waals surface area (Å²) in [6, 6.07) is 3.51.